The van der Waals surface area contributed by atoms with Crippen LogP contribution in [0.25, 0.3) is 11.3 Å². The Bertz CT molecular complexity index is 869. The van der Waals surface area contributed by atoms with E-state index in [1.54, 1.807) is 19.1 Å². The van der Waals surface area contributed by atoms with Crippen LogP contribution < -0.4 is 5.32 Å². The number of benzene rings is 2. The number of rotatable bonds is 5. The van der Waals surface area contributed by atoms with Gasteiger partial charge in [0.25, 0.3) is 0 Å². The number of hydrogen-bond donors (Lipinski definition) is 2. The van der Waals surface area contributed by atoms with Crippen molar-refractivity contribution >= 4 is 27.6 Å². The van der Waals surface area contributed by atoms with Crippen molar-refractivity contribution in [2.75, 3.05) is 5.32 Å². The molecular weight excluding hydrogens is 370 g/mol. The molecule has 0 unspecified atom stereocenters. The van der Waals surface area contributed by atoms with Crippen molar-refractivity contribution in [3.63, 3.8) is 0 Å². The van der Waals surface area contributed by atoms with Crippen LogP contribution in [0.15, 0.2) is 63.5 Å². The van der Waals surface area contributed by atoms with Crippen molar-refractivity contribution in [2.45, 2.75) is 13.5 Å². The summed E-state index contributed by atoms with van der Waals surface area (Å²) < 4.78 is 6.88. The van der Waals surface area contributed by atoms with Gasteiger partial charge in [0.2, 0.25) is 0 Å². The van der Waals surface area contributed by atoms with E-state index in [1.807, 2.05) is 42.5 Å². The standard InChI is InChI=1S/C19H16BrNO3/c1-12-16(19(22)23)3-2-4-17(12)21-11-15-9-10-18(24-15)13-5-7-14(20)8-6-13/h2-10,21H,11H2,1H3,(H,22,23). The first-order valence-electron chi connectivity index (χ1n) is 7.46. The highest BCUT2D eigenvalue weighted by Crippen LogP contribution is 2.25. The van der Waals surface area contributed by atoms with E-state index >= 15 is 0 Å². The second-order valence-electron chi connectivity index (χ2n) is 5.41. The van der Waals surface area contributed by atoms with E-state index in [4.69, 9.17) is 4.42 Å². The average molecular weight is 386 g/mol. The Morgan fingerprint density at radius 3 is 2.58 bits per heavy atom. The average Bonchev–Trinajstić information content (AvgIpc) is 3.03. The number of hydrogen-bond acceptors (Lipinski definition) is 3. The van der Waals surface area contributed by atoms with Crippen molar-refractivity contribution in [1.82, 2.24) is 0 Å². The molecule has 24 heavy (non-hydrogen) atoms. The highest BCUT2D eigenvalue weighted by molar-refractivity contribution is 9.10. The van der Waals surface area contributed by atoms with Crippen molar-refractivity contribution in [1.29, 1.82) is 0 Å². The third-order valence-electron chi connectivity index (χ3n) is 3.81. The topological polar surface area (TPSA) is 62.5 Å². The Morgan fingerprint density at radius 2 is 1.88 bits per heavy atom. The quantitative estimate of drug-likeness (QED) is 0.622. The molecule has 5 heteroatoms. The smallest absolute Gasteiger partial charge is 0.336 e. The molecule has 0 aliphatic heterocycles. The molecule has 0 fully saturated rings. The Morgan fingerprint density at radius 1 is 1.12 bits per heavy atom. The largest absolute Gasteiger partial charge is 0.478 e. The highest BCUT2D eigenvalue weighted by atomic mass is 79.9. The third kappa shape index (κ3) is 3.51. The zero-order valence-corrected chi connectivity index (χ0v) is 14.6. The molecule has 0 atom stereocenters. The fourth-order valence-corrected chi connectivity index (χ4v) is 2.75. The van der Waals surface area contributed by atoms with Gasteiger partial charge < -0.3 is 14.8 Å². The summed E-state index contributed by atoms with van der Waals surface area (Å²) in [7, 11) is 0. The number of halogens is 1. The van der Waals surface area contributed by atoms with Crippen molar-refractivity contribution in [2.24, 2.45) is 0 Å². The monoisotopic (exact) mass is 385 g/mol. The number of carboxylic acid groups (broad SMARTS) is 1. The maximum absolute atomic E-state index is 11.2. The van der Waals surface area contributed by atoms with E-state index in [0.29, 0.717) is 17.7 Å². The van der Waals surface area contributed by atoms with Crippen LogP contribution in [-0.4, -0.2) is 11.1 Å². The first kappa shape index (κ1) is 16.3. The van der Waals surface area contributed by atoms with Gasteiger partial charge in [0, 0.05) is 15.7 Å². The number of anilines is 1. The molecule has 2 N–H and O–H groups in total. The van der Waals surface area contributed by atoms with E-state index in [9.17, 15) is 9.90 Å². The molecule has 0 saturated carbocycles. The van der Waals surface area contributed by atoms with Crippen LogP contribution in [0.1, 0.15) is 21.7 Å². The summed E-state index contributed by atoms with van der Waals surface area (Å²) in [6.07, 6.45) is 0. The fraction of sp³-hybridized carbons (Fsp3) is 0.105. The molecule has 0 bridgehead atoms. The zero-order chi connectivity index (χ0) is 17.1. The van der Waals surface area contributed by atoms with Gasteiger partial charge in [0.05, 0.1) is 12.1 Å². The van der Waals surface area contributed by atoms with Crippen LogP contribution in [0.3, 0.4) is 0 Å². The van der Waals surface area contributed by atoms with Crippen molar-refractivity contribution < 1.29 is 14.3 Å². The van der Waals surface area contributed by atoms with E-state index < -0.39 is 5.97 Å². The molecule has 3 aromatic rings. The molecule has 0 spiro atoms. The minimum atomic E-state index is -0.924. The van der Waals surface area contributed by atoms with Gasteiger partial charge in [-0.15, -0.1) is 0 Å². The molecule has 0 radical (unpaired) electrons. The number of furan rings is 1. The van der Waals surface area contributed by atoms with Crippen LogP contribution in [0.5, 0.6) is 0 Å². The molecule has 0 saturated heterocycles. The predicted molar refractivity (Wildman–Crippen MR) is 97.3 cm³/mol. The first-order chi connectivity index (χ1) is 11.5. The van der Waals surface area contributed by atoms with Crippen LogP contribution in [0.2, 0.25) is 0 Å². The first-order valence-corrected chi connectivity index (χ1v) is 8.25. The van der Waals surface area contributed by atoms with E-state index in [2.05, 4.69) is 21.2 Å². The SMILES string of the molecule is Cc1c(NCc2ccc(-c3ccc(Br)cc3)o2)cccc1C(=O)O. The van der Waals surface area contributed by atoms with E-state index in [1.165, 1.54) is 0 Å². The lowest BCUT2D eigenvalue weighted by atomic mass is 10.1. The summed E-state index contributed by atoms with van der Waals surface area (Å²) in [5, 5.41) is 12.4. The number of carboxylic acids is 1. The number of nitrogens with one attached hydrogen (secondary N) is 1. The van der Waals surface area contributed by atoms with Crippen molar-refractivity contribution in [3.8, 4) is 11.3 Å². The van der Waals surface area contributed by atoms with Gasteiger partial charge in [-0.05, 0) is 48.9 Å². The van der Waals surface area contributed by atoms with Gasteiger partial charge in [0.15, 0.2) is 0 Å². The van der Waals surface area contributed by atoms with Gasteiger partial charge in [0.1, 0.15) is 11.5 Å². The molecule has 0 amide bonds. The highest BCUT2D eigenvalue weighted by Gasteiger charge is 2.10. The summed E-state index contributed by atoms with van der Waals surface area (Å²) in [6.45, 7) is 2.28. The molecular formula is C19H16BrNO3. The van der Waals surface area contributed by atoms with Gasteiger partial charge in [-0.2, -0.15) is 0 Å². The van der Waals surface area contributed by atoms with Crippen molar-refractivity contribution in [3.05, 3.63) is 76.0 Å². The second kappa shape index (κ2) is 6.93. The summed E-state index contributed by atoms with van der Waals surface area (Å²) in [5.41, 5.74) is 2.81. The van der Waals surface area contributed by atoms with Gasteiger partial charge >= 0.3 is 5.97 Å². The van der Waals surface area contributed by atoms with E-state index in [-0.39, 0.29) is 0 Å². The Balaban J connectivity index is 1.73. The zero-order valence-electron chi connectivity index (χ0n) is 13.0. The number of carbonyl (C=O) groups is 1. The summed E-state index contributed by atoms with van der Waals surface area (Å²) >= 11 is 3.41. The third-order valence-corrected chi connectivity index (χ3v) is 4.34. The summed E-state index contributed by atoms with van der Waals surface area (Å²) in [4.78, 5) is 11.2. The summed E-state index contributed by atoms with van der Waals surface area (Å²) in [5.74, 6) is 0.662. The van der Waals surface area contributed by atoms with Crippen LogP contribution in [0, 0.1) is 6.92 Å². The minimum Gasteiger partial charge on any atom is -0.478 e. The van der Waals surface area contributed by atoms with E-state index in [0.717, 1.165) is 27.2 Å². The van der Waals surface area contributed by atoms with Crippen LogP contribution in [-0.2, 0) is 6.54 Å². The van der Waals surface area contributed by atoms with Crippen LogP contribution in [0.4, 0.5) is 5.69 Å². The molecule has 0 aliphatic rings. The molecule has 0 aliphatic carbocycles. The van der Waals surface area contributed by atoms with Gasteiger partial charge in [-0.25, -0.2) is 4.79 Å². The normalized spacial score (nSPS) is 10.6. The molecule has 2 aromatic carbocycles. The second-order valence-corrected chi connectivity index (χ2v) is 6.33. The fourth-order valence-electron chi connectivity index (χ4n) is 2.48. The minimum absolute atomic E-state index is 0.301. The summed E-state index contributed by atoms with van der Waals surface area (Å²) in [6, 6.07) is 17.0. The molecule has 122 valence electrons. The Kier molecular flexibility index (Phi) is 4.71. The Labute approximate surface area is 148 Å². The van der Waals surface area contributed by atoms with Crippen LogP contribution >= 0.6 is 15.9 Å². The lowest BCUT2D eigenvalue weighted by Gasteiger charge is -2.10. The lowest BCUT2D eigenvalue weighted by molar-refractivity contribution is 0.0696. The Hall–Kier alpha value is -2.53. The maximum Gasteiger partial charge on any atom is 0.336 e. The predicted octanol–water partition coefficient (Wildman–Crippen LogP) is 5.33. The molecule has 1 aromatic heterocycles. The molecule has 3 rings (SSSR count). The van der Waals surface area contributed by atoms with Gasteiger partial charge in [-0.3, -0.25) is 0 Å². The maximum atomic E-state index is 11.2. The number of aromatic carboxylic acids is 1. The molecule has 4 nitrogen and oxygen atoms in total. The van der Waals surface area contributed by atoms with Gasteiger partial charge in [-0.1, -0.05) is 34.1 Å². The lowest BCUT2D eigenvalue weighted by Crippen LogP contribution is -2.05. The molecule has 1 heterocycles.